The van der Waals surface area contributed by atoms with Crippen LogP contribution in [0.25, 0.3) is 0 Å². The Labute approximate surface area is 36.0 Å². The summed E-state index contributed by atoms with van der Waals surface area (Å²) in [5.74, 6) is 0. The van der Waals surface area contributed by atoms with Gasteiger partial charge in [-0.3, -0.25) is 0 Å². The van der Waals surface area contributed by atoms with E-state index < -0.39 is 0 Å². The second-order valence-corrected chi connectivity index (χ2v) is 1.16. The Kier molecular flexibility index (Phi) is 3.45. The monoisotopic (exact) mass is 231 g/mol. The van der Waals surface area contributed by atoms with Gasteiger partial charge in [0.15, 0.2) is 0 Å². The Morgan fingerprint density at radius 3 is 2.00 bits per heavy atom. The summed E-state index contributed by atoms with van der Waals surface area (Å²) in [5.41, 5.74) is 0. The van der Waals surface area contributed by atoms with Gasteiger partial charge in [0.25, 0.3) is 0 Å². The van der Waals surface area contributed by atoms with E-state index in [0.29, 0.717) is 0 Å². The van der Waals surface area contributed by atoms with Crippen LogP contribution in [-0.2, 0) is 18.1 Å². The fraction of sp³-hybridized carbons (Fsp3) is 0. The molecule has 0 spiro atoms. The average Bonchev–Trinajstić information content (AvgIpc) is 1.37. The van der Waals surface area contributed by atoms with Crippen molar-refractivity contribution in [1.29, 1.82) is 0 Å². The van der Waals surface area contributed by atoms with Crippen molar-refractivity contribution in [2.75, 3.05) is 0 Å². The molecule has 0 saturated carbocycles. The number of rotatable bonds is 1. The Morgan fingerprint density at radius 2 is 2.00 bits per heavy atom. The minimum atomic E-state index is 1.51. The van der Waals surface area contributed by atoms with Crippen LogP contribution in [0.1, 0.15) is 0 Å². The van der Waals surface area contributed by atoms with Crippen molar-refractivity contribution < 1.29 is 18.1 Å². The predicted octanol–water partition coefficient (Wildman–Crippen LogP) is 0.325. The molecule has 0 aromatic heterocycles. The van der Waals surface area contributed by atoms with Crippen LogP contribution >= 0.6 is 0 Å². The van der Waals surface area contributed by atoms with Gasteiger partial charge in [-0.15, -0.1) is 0 Å². The molecule has 0 unspecified atom stereocenters. The summed E-state index contributed by atoms with van der Waals surface area (Å²) in [7, 11) is 0. The van der Waals surface area contributed by atoms with Crippen molar-refractivity contribution in [3.63, 3.8) is 0 Å². The van der Waals surface area contributed by atoms with E-state index in [-0.39, 0.29) is 0 Å². The molecule has 0 fully saturated rings. The van der Waals surface area contributed by atoms with E-state index in [2.05, 4.69) is 0 Å². The molecule has 0 nitrogen and oxygen atoms in total. The van der Waals surface area contributed by atoms with Gasteiger partial charge in [-0.05, 0) is 0 Å². The SMILES string of the molecule is [CH-]=C[CH]=[Os]. The molecule has 0 amide bonds. The first-order chi connectivity index (χ1) is 1.91. The molecule has 0 saturated heterocycles. The van der Waals surface area contributed by atoms with E-state index in [1.165, 1.54) is 6.08 Å². The molecular weight excluding hydrogens is 226 g/mol. The summed E-state index contributed by atoms with van der Waals surface area (Å²) in [5, 5.41) is 0. The quantitative estimate of drug-likeness (QED) is 0.568. The molecule has 0 aromatic rings. The van der Waals surface area contributed by atoms with Crippen molar-refractivity contribution in [3.8, 4) is 0 Å². The van der Waals surface area contributed by atoms with Gasteiger partial charge in [0.2, 0.25) is 0 Å². The average molecular weight is 229 g/mol. The normalized spacial score (nSPS) is 5.25. The second-order valence-electron chi connectivity index (χ2n) is 0.310. The summed E-state index contributed by atoms with van der Waals surface area (Å²) < 4.78 is 1.81. The third kappa shape index (κ3) is 2.25. The van der Waals surface area contributed by atoms with Gasteiger partial charge in [0.05, 0.1) is 0 Å². The molecule has 0 aliphatic carbocycles. The van der Waals surface area contributed by atoms with Gasteiger partial charge in [-0.1, -0.05) is 0 Å². The molecule has 0 rings (SSSR count). The molecule has 0 aromatic carbocycles. The van der Waals surface area contributed by atoms with Crippen LogP contribution in [0.2, 0.25) is 0 Å². The molecule has 1 heteroatoms. The van der Waals surface area contributed by atoms with Gasteiger partial charge < -0.3 is 0 Å². The fourth-order valence-corrected chi connectivity index (χ4v) is 0. The van der Waals surface area contributed by atoms with E-state index in [0.717, 1.165) is 0 Å². The first-order valence-electron chi connectivity index (χ1n) is 0.871. The zero-order valence-electron chi connectivity index (χ0n) is 2.09. The van der Waals surface area contributed by atoms with E-state index in [9.17, 15) is 0 Å². The van der Waals surface area contributed by atoms with E-state index >= 15 is 0 Å². The number of allylic oxidation sites excluding steroid dienone is 1. The first-order valence-corrected chi connectivity index (χ1v) is 2.34. The van der Waals surface area contributed by atoms with Crippen molar-refractivity contribution in [3.05, 3.63) is 12.7 Å². The third-order valence-electron chi connectivity index (χ3n) is 0.0680. The topological polar surface area (TPSA) is 0 Å². The molecule has 0 heterocycles. The van der Waals surface area contributed by atoms with Crippen LogP contribution in [0.15, 0.2) is 6.08 Å². The summed E-state index contributed by atoms with van der Waals surface area (Å²) in [6.45, 7) is 4.85. The van der Waals surface area contributed by atoms with E-state index in [4.69, 9.17) is 6.58 Å². The molecule has 4 heavy (non-hydrogen) atoms. The molecule has 0 aliphatic rings. The summed E-state index contributed by atoms with van der Waals surface area (Å²) in [6.07, 6.45) is 1.51. The van der Waals surface area contributed by atoms with Gasteiger partial charge in [0, 0.05) is 0 Å². The Bertz CT molecular complexity index is 24.3. The Hall–Kier alpha value is 0.246. The van der Waals surface area contributed by atoms with E-state index in [1.807, 2.05) is 0 Å². The van der Waals surface area contributed by atoms with Crippen LogP contribution < -0.4 is 0 Å². The standard InChI is InChI=1S/C3H3.Os/c1-3-2;/h1-3H;/q-1;. The van der Waals surface area contributed by atoms with Crippen LogP contribution in [0.4, 0.5) is 0 Å². The molecule has 0 atom stereocenters. The zero-order chi connectivity index (χ0) is 3.41. The fourth-order valence-electron chi connectivity index (χ4n) is 0. The summed E-state index contributed by atoms with van der Waals surface area (Å²) in [6, 6.07) is 0. The van der Waals surface area contributed by atoms with Crippen LogP contribution in [0.5, 0.6) is 0 Å². The van der Waals surface area contributed by atoms with Gasteiger partial charge in [-0.25, -0.2) is 0 Å². The summed E-state index contributed by atoms with van der Waals surface area (Å²) in [4.78, 5) is 0. The van der Waals surface area contributed by atoms with Gasteiger partial charge >= 0.3 is 35.4 Å². The third-order valence-corrected chi connectivity index (χ3v) is 0.557. The van der Waals surface area contributed by atoms with E-state index in [1.54, 1.807) is 22.7 Å². The van der Waals surface area contributed by atoms with Crippen molar-refractivity contribution in [1.82, 2.24) is 0 Å². The number of hydrogen-bond acceptors (Lipinski definition) is 0. The molecule has 0 radical (unpaired) electrons. The zero-order valence-corrected chi connectivity index (χ0v) is 4.63. The summed E-state index contributed by atoms with van der Waals surface area (Å²) >= 11 is 1.72. The van der Waals surface area contributed by atoms with Crippen molar-refractivity contribution in [2.24, 2.45) is 0 Å². The Morgan fingerprint density at radius 1 is 1.75 bits per heavy atom. The molecule has 0 N–H and O–H groups in total. The van der Waals surface area contributed by atoms with Gasteiger partial charge in [-0.2, -0.15) is 0 Å². The Balaban J connectivity index is 2.73. The molecule has 0 bridgehead atoms. The maximum absolute atomic E-state index is 4.85. The first kappa shape index (κ1) is 4.25. The van der Waals surface area contributed by atoms with Crippen molar-refractivity contribution >= 4 is 4.57 Å². The van der Waals surface area contributed by atoms with Crippen molar-refractivity contribution in [2.45, 2.75) is 0 Å². The predicted molar refractivity (Wildman–Crippen MR) is 14.9 cm³/mol. The molecular formula is C3H3Os-. The van der Waals surface area contributed by atoms with Crippen LogP contribution in [0.3, 0.4) is 0 Å². The molecule has 0 aliphatic heterocycles. The maximum atomic E-state index is 4.85. The van der Waals surface area contributed by atoms with Crippen LogP contribution in [0, 0.1) is 6.58 Å². The second kappa shape index (κ2) is 3.25. The van der Waals surface area contributed by atoms with Crippen LogP contribution in [-0.4, -0.2) is 4.57 Å². The molecule has 24 valence electrons. The number of hydrogen-bond donors (Lipinski definition) is 0. The van der Waals surface area contributed by atoms with Gasteiger partial charge in [0.1, 0.15) is 0 Å². The minimum absolute atomic E-state index is 1.51.